The average Bonchev–Trinajstić information content (AvgIpc) is 2.52. The van der Waals surface area contributed by atoms with Gasteiger partial charge >= 0.3 is 0 Å². The van der Waals surface area contributed by atoms with Crippen LogP contribution in [0.25, 0.3) is 0 Å². The molecule has 1 aromatic carbocycles. The second-order valence-electron chi connectivity index (χ2n) is 4.44. The maximum atomic E-state index is 8.59. The van der Waals surface area contributed by atoms with Crippen LogP contribution in [-0.4, -0.2) is 11.6 Å². The Kier molecular flexibility index (Phi) is 5.10. The molecule has 0 aliphatic carbocycles. The summed E-state index contributed by atoms with van der Waals surface area (Å²) < 4.78 is 5.41. The van der Waals surface area contributed by atoms with Gasteiger partial charge < -0.3 is 10.1 Å². The van der Waals surface area contributed by atoms with Gasteiger partial charge in [0.1, 0.15) is 11.8 Å². The summed E-state index contributed by atoms with van der Waals surface area (Å²) in [5.74, 6) is 0.753. The van der Waals surface area contributed by atoms with Gasteiger partial charge in [0.2, 0.25) is 0 Å². The number of pyridine rings is 1. The summed E-state index contributed by atoms with van der Waals surface area (Å²) in [5.41, 5.74) is 2.24. The van der Waals surface area contributed by atoms with E-state index in [4.69, 9.17) is 10.00 Å². The largest absolute Gasteiger partial charge is 0.478 e. The molecule has 4 heteroatoms. The van der Waals surface area contributed by atoms with Gasteiger partial charge in [0.15, 0.2) is 6.61 Å². The summed E-state index contributed by atoms with van der Waals surface area (Å²) in [6.07, 6.45) is 3.58. The van der Waals surface area contributed by atoms with Gasteiger partial charge in [0.05, 0.1) is 0 Å². The summed E-state index contributed by atoms with van der Waals surface area (Å²) in [5, 5.41) is 12.0. The first kappa shape index (κ1) is 14.0. The van der Waals surface area contributed by atoms with Gasteiger partial charge in [0.25, 0.3) is 0 Å². The van der Waals surface area contributed by atoms with Gasteiger partial charge in [-0.05, 0) is 30.7 Å². The fourth-order valence-electron chi connectivity index (χ4n) is 1.93. The number of nitriles is 1. The smallest absolute Gasteiger partial charge is 0.174 e. The van der Waals surface area contributed by atoms with Crippen molar-refractivity contribution in [3.8, 4) is 11.8 Å². The molecule has 0 saturated carbocycles. The number of aromatic nitrogens is 1. The third kappa shape index (κ3) is 3.81. The van der Waals surface area contributed by atoms with Gasteiger partial charge in [-0.15, -0.1) is 0 Å². The standard InChI is InChI=1S/C16H17N3O/c1-13(14-6-9-18-10-7-14)19-12-15-4-2-3-5-16(15)20-11-8-17/h2-7,9-10,13,19H,11-12H2,1H3/t13-/m0/s1. The molecule has 0 aliphatic rings. The zero-order valence-electron chi connectivity index (χ0n) is 11.4. The predicted molar refractivity (Wildman–Crippen MR) is 77.0 cm³/mol. The molecule has 4 nitrogen and oxygen atoms in total. The Bertz CT molecular complexity index is 578. The zero-order valence-corrected chi connectivity index (χ0v) is 11.4. The van der Waals surface area contributed by atoms with Crippen LogP contribution in [0, 0.1) is 11.3 Å². The zero-order chi connectivity index (χ0) is 14.2. The van der Waals surface area contributed by atoms with Crippen molar-refractivity contribution in [1.29, 1.82) is 5.26 Å². The molecule has 0 spiro atoms. The molecule has 0 aliphatic heterocycles. The van der Waals surface area contributed by atoms with Crippen LogP contribution in [-0.2, 0) is 6.54 Å². The summed E-state index contributed by atoms with van der Waals surface area (Å²) in [7, 11) is 0. The number of nitrogens with one attached hydrogen (secondary N) is 1. The maximum absolute atomic E-state index is 8.59. The lowest BCUT2D eigenvalue weighted by Crippen LogP contribution is -2.18. The van der Waals surface area contributed by atoms with Crippen LogP contribution < -0.4 is 10.1 Å². The second-order valence-corrected chi connectivity index (χ2v) is 4.44. The Hall–Kier alpha value is -2.38. The van der Waals surface area contributed by atoms with Crippen molar-refractivity contribution in [2.45, 2.75) is 19.5 Å². The third-order valence-corrected chi connectivity index (χ3v) is 3.07. The lowest BCUT2D eigenvalue weighted by Gasteiger charge is -2.15. The molecule has 1 aromatic heterocycles. The Morgan fingerprint density at radius 3 is 2.75 bits per heavy atom. The SMILES string of the molecule is C[C@H](NCc1ccccc1OCC#N)c1ccncc1. The van der Waals surface area contributed by atoms with E-state index in [0.717, 1.165) is 11.3 Å². The van der Waals surface area contributed by atoms with E-state index in [0.29, 0.717) is 6.54 Å². The first-order valence-corrected chi connectivity index (χ1v) is 6.52. The molecule has 1 heterocycles. The quantitative estimate of drug-likeness (QED) is 0.874. The Morgan fingerprint density at radius 1 is 1.25 bits per heavy atom. The van der Waals surface area contributed by atoms with Crippen molar-refractivity contribution in [1.82, 2.24) is 10.3 Å². The van der Waals surface area contributed by atoms with Gasteiger partial charge in [-0.3, -0.25) is 4.98 Å². The molecule has 0 radical (unpaired) electrons. The van der Waals surface area contributed by atoms with E-state index >= 15 is 0 Å². The number of nitrogens with zero attached hydrogens (tertiary/aromatic N) is 2. The van der Waals surface area contributed by atoms with Gasteiger partial charge in [-0.1, -0.05) is 18.2 Å². The van der Waals surface area contributed by atoms with Crippen molar-refractivity contribution < 1.29 is 4.74 Å². The van der Waals surface area contributed by atoms with Crippen LogP contribution in [0.2, 0.25) is 0 Å². The third-order valence-electron chi connectivity index (χ3n) is 3.07. The number of ether oxygens (including phenoxy) is 1. The van der Waals surface area contributed by atoms with Crippen LogP contribution in [0.3, 0.4) is 0 Å². The Balaban J connectivity index is 1.99. The van der Waals surface area contributed by atoms with E-state index < -0.39 is 0 Å². The molecule has 20 heavy (non-hydrogen) atoms. The van der Waals surface area contributed by atoms with Crippen LogP contribution in [0.15, 0.2) is 48.8 Å². The number of hydrogen-bond donors (Lipinski definition) is 1. The molecular formula is C16H17N3O. The van der Waals surface area contributed by atoms with Crippen LogP contribution in [0.4, 0.5) is 0 Å². The molecule has 2 aromatic rings. The first-order valence-electron chi connectivity index (χ1n) is 6.52. The highest BCUT2D eigenvalue weighted by molar-refractivity contribution is 5.33. The summed E-state index contributed by atoms with van der Waals surface area (Å²) in [4.78, 5) is 4.02. The summed E-state index contributed by atoms with van der Waals surface area (Å²) >= 11 is 0. The van der Waals surface area contributed by atoms with Crippen LogP contribution in [0.5, 0.6) is 5.75 Å². The topological polar surface area (TPSA) is 57.9 Å². The minimum absolute atomic E-state index is 0.0664. The fourth-order valence-corrected chi connectivity index (χ4v) is 1.93. The molecule has 1 atom stereocenters. The summed E-state index contributed by atoms with van der Waals surface area (Å²) in [6, 6.07) is 14.0. The van der Waals surface area contributed by atoms with Crippen molar-refractivity contribution in [2.75, 3.05) is 6.61 Å². The number of hydrogen-bond acceptors (Lipinski definition) is 4. The van der Waals surface area contributed by atoms with Gasteiger partial charge in [0, 0.05) is 30.5 Å². The fraction of sp³-hybridized carbons (Fsp3) is 0.250. The first-order chi connectivity index (χ1) is 9.81. The molecule has 2 rings (SSSR count). The van der Waals surface area contributed by atoms with Crippen molar-refractivity contribution >= 4 is 0 Å². The monoisotopic (exact) mass is 267 g/mol. The highest BCUT2D eigenvalue weighted by atomic mass is 16.5. The minimum atomic E-state index is 0.0664. The molecular weight excluding hydrogens is 250 g/mol. The summed E-state index contributed by atoms with van der Waals surface area (Å²) in [6.45, 7) is 2.86. The Labute approximate surface area is 119 Å². The number of rotatable bonds is 6. The van der Waals surface area contributed by atoms with Crippen LogP contribution >= 0.6 is 0 Å². The molecule has 0 unspecified atom stereocenters. The second kappa shape index (κ2) is 7.27. The lowest BCUT2D eigenvalue weighted by molar-refractivity contribution is 0.361. The number of benzene rings is 1. The van der Waals surface area contributed by atoms with Gasteiger partial charge in [-0.25, -0.2) is 0 Å². The van der Waals surface area contributed by atoms with Crippen molar-refractivity contribution in [3.05, 3.63) is 59.9 Å². The normalized spacial score (nSPS) is 11.6. The van der Waals surface area contributed by atoms with E-state index in [9.17, 15) is 0 Å². The van der Waals surface area contributed by atoms with Crippen molar-refractivity contribution in [2.24, 2.45) is 0 Å². The average molecular weight is 267 g/mol. The Morgan fingerprint density at radius 2 is 2.00 bits per heavy atom. The van der Waals surface area contributed by atoms with E-state index in [1.165, 1.54) is 5.56 Å². The van der Waals surface area contributed by atoms with E-state index in [1.54, 1.807) is 12.4 Å². The van der Waals surface area contributed by atoms with Gasteiger partial charge in [-0.2, -0.15) is 5.26 Å². The van der Waals surface area contributed by atoms with E-state index in [-0.39, 0.29) is 12.6 Å². The molecule has 0 saturated heterocycles. The van der Waals surface area contributed by atoms with E-state index in [2.05, 4.69) is 17.2 Å². The molecule has 102 valence electrons. The van der Waals surface area contributed by atoms with Crippen LogP contribution in [0.1, 0.15) is 24.1 Å². The maximum Gasteiger partial charge on any atom is 0.174 e. The van der Waals surface area contributed by atoms with Crippen molar-refractivity contribution in [3.63, 3.8) is 0 Å². The van der Waals surface area contributed by atoms with E-state index in [1.807, 2.05) is 42.5 Å². The predicted octanol–water partition coefficient (Wildman–Crippen LogP) is 2.83. The number of para-hydroxylation sites is 1. The molecule has 1 N–H and O–H groups in total. The highest BCUT2D eigenvalue weighted by Gasteiger charge is 2.07. The molecule has 0 fully saturated rings. The minimum Gasteiger partial charge on any atom is -0.478 e. The highest BCUT2D eigenvalue weighted by Crippen LogP contribution is 2.19. The molecule has 0 bridgehead atoms. The lowest BCUT2D eigenvalue weighted by atomic mass is 10.1. The molecule has 0 amide bonds.